The van der Waals surface area contributed by atoms with E-state index in [2.05, 4.69) is 15.9 Å². The molecule has 0 aliphatic carbocycles. The molecule has 0 aliphatic heterocycles. The van der Waals surface area contributed by atoms with Crippen LogP contribution >= 0.6 is 39.1 Å². The van der Waals surface area contributed by atoms with E-state index in [1.54, 1.807) is 18.2 Å². The van der Waals surface area contributed by atoms with Gasteiger partial charge in [0, 0.05) is 16.7 Å². The molecule has 3 rings (SSSR count). The molecule has 0 saturated carbocycles. The quantitative estimate of drug-likeness (QED) is 0.565. The van der Waals surface area contributed by atoms with Gasteiger partial charge in [0.1, 0.15) is 0 Å². The number of para-hydroxylation sites is 1. The summed E-state index contributed by atoms with van der Waals surface area (Å²) in [5.41, 5.74) is 1.01. The second-order valence-corrected chi connectivity index (χ2v) is 5.61. The van der Waals surface area contributed by atoms with Gasteiger partial charge in [-0.3, -0.25) is 4.40 Å². The van der Waals surface area contributed by atoms with Crippen molar-refractivity contribution in [2.75, 3.05) is 0 Å². The highest BCUT2D eigenvalue weighted by Crippen LogP contribution is 2.38. The number of aromatic nitrogens is 1. The molecule has 19 heavy (non-hydrogen) atoms. The Morgan fingerprint density at radius 3 is 2.47 bits per heavy atom. The van der Waals surface area contributed by atoms with Crippen molar-refractivity contribution in [1.82, 2.24) is 4.40 Å². The minimum absolute atomic E-state index is 0.460. The van der Waals surface area contributed by atoms with Crippen molar-refractivity contribution in [2.45, 2.75) is 0 Å². The lowest BCUT2D eigenvalue weighted by Gasteiger charge is -2.09. The van der Waals surface area contributed by atoms with E-state index in [9.17, 15) is 0 Å². The lowest BCUT2D eigenvalue weighted by molar-refractivity contribution is 0.459. The molecule has 2 aromatic heterocycles. The maximum atomic E-state index is 6.11. The molecule has 1 aromatic carbocycles. The van der Waals surface area contributed by atoms with Crippen molar-refractivity contribution in [3.63, 3.8) is 0 Å². The van der Waals surface area contributed by atoms with E-state index < -0.39 is 0 Å². The molecule has 0 spiro atoms. The summed E-state index contributed by atoms with van der Waals surface area (Å²) in [7, 11) is 0. The third-order valence-electron chi connectivity index (χ3n) is 2.72. The van der Waals surface area contributed by atoms with Gasteiger partial charge in [-0.2, -0.15) is 0 Å². The molecule has 0 fully saturated rings. The summed E-state index contributed by atoms with van der Waals surface area (Å²) < 4.78 is 8.71. The first-order chi connectivity index (χ1) is 9.16. The number of pyridine rings is 1. The van der Waals surface area contributed by atoms with Gasteiger partial charge >= 0.3 is 0 Å². The Morgan fingerprint density at radius 2 is 1.74 bits per heavy atom. The standard InChI is InChI=1S/C14H8BrCl2NO/c15-9-8-13(18-7-2-1-6-12(9)18)19-14-10(16)4-3-5-11(14)17/h1-8H. The minimum Gasteiger partial charge on any atom is -0.437 e. The molecule has 2 nitrogen and oxygen atoms in total. The van der Waals surface area contributed by atoms with Crippen LogP contribution in [0.25, 0.3) is 5.52 Å². The topological polar surface area (TPSA) is 13.6 Å². The molecule has 5 heteroatoms. The summed E-state index contributed by atoms with van der Waals surface area (Å²) in [6.45, 7) is 0. The van der Waals surface area contributed by atoms with Crippen LogP contribution in [0.4, 0.5) is 0 Å². The number of rotatable bonds is 2. The molecule has 96 valence electrons. The van der Waals surface area contributed by atoms with Gasteiger partial charge in [0.2, 0.25) is 5.88 Å². The Labute approximate surface area is 128 Å². The van der Waals surface area contributed by atoms with Crippen LogP contribution in [0, 0.1) is 0 Å². The summed E-state index contributed by atoms with van der Waals surface area (Å²) in [6.07, 6.45) is 1.92. The molecule has 0 saturated heterocycles. The van der Waals surface area contributed by atoms with E-state index in [0.29, 0.717) is 21.7 Å². The van der Waals surface area contributed by atoms with Gasteiger partial charge < -0.3 is 4.74 Å². The van der Waals surface area contributed by atoms with E-state index in [1.807, 2.05) is 34.9 Å². The average molecular weight is 357 g/mol. The van der Waals surface area contributed by atoms with Crippen molar-refractivity contribution in [1.29, 1.82) is 0 Å². The van der Waals surface area contributed by atoms with Gasteiger partial charge in [0.05, 0.1) is 15.6 Å². The molecule has 0 unspecified atom stereocenters. The monoisotopic (exact) mass is 355 g/mol. The highest BCUT2D eigenvalue weighted by Gasteiger charge is 2.12. The minimum atomic E-state index is 0.460. The van der Waals surface area contributed by atoms with Crippen molar-refractivity contribution in [3.05, 3.63) is 63.2 Å². The number of halogens is 3. The average Bonchev–Trinajstić information content (AvgIpc) is 2.72. The second-order valence-electron chi connectivity index (χ2n) is 3.94. The zero-order chi connectivity index (χ0) is 13.4. The van der Waals surface area contributed by atoms with Crippen LogP contribution in [0.3, 0.4) is 0 Å². The Balaban J connectivity index is 2.11. The Morgan fingerprint density at radius 1 is 1.00 bits per heavy atom. The van der Waals surface area contributed by atoms with Crippen LogP contribution in [-0.4, -0.2) is 4.40 Å². The first-order valence-corrected chi connectivity index (χ1v) is 7.09. The third kappa shape index (κ3) is 2.34. The fraction of sp³-hybridized carbons (Fsp3) is 0. The second kappa shape index (κ2) is 5.08. The molecule has 3 aromatic rings. The summed E-state index contributed by atoms with van der Waals surface area (Å²) in [4.78, 5) is 0. The molecule has 2 heterocycles. The Hall–Kier alpha value is -1.16. The largest absolute Gasteiger partial charge is 0.437 e. The van der Waals surface area contributed by atoms with Crippen LogP contribution < -0.4 is 4.74 Å². The van der Waals surface area contributed by atoms with Crippen LogP contribution in [-0.2, 0) is 0 Å². The van der Waals surface area contributed by atoms with Crippen LogP contribution in [0.5, 0.6) is 11.6 Å². The summed E-state index contributed by atoms with van der Waals surface area (Å²) in [6, 6.07) is 13.0. The summed E-state index contributed by atoms with van der Waals surface area (Å²) >= 11 is 15.7. The van der Waals surface area contributed by atoms with Crippen LogP contribution in [0.2, 0.25) is 10.0 Å². The predicted octanol–water partition coefficient (Wildman–Crippen LogP) is 5.80. The van der Waals surface area contributed by atoms with E-state index in [4.69, 9.17) is 27.9 Å². The van der Waals surface area contributed by atoms with Crippen LogP contribution in [0.1, 0.15) is 0 Å². The predicted molar refractivity (Wildman–Crippen MR) is 81.6 cm³/mol. The normalized spacial score (nSPS) is 10.9. The van der Waals surface area contributed by atoms with Crippen molar-refractivity contribution >= 4 is 44.6 Å². The highest BCUT2D eigenvalue weighted by molar-refractivity contribution is 9.10. The third-order valence-corrected chi connectivity index (χ3v) is 3.95. The molecular weight excluding hydrogens is 349 g/mol. The zero-order valence-corrected chi connectivity index (χ0v) is 12.7. The van der Waals surface area contributed by atoms with Gasteiger partial charge in [0.15, 0.2) is 5.75 Å². The lowest BCUT2D eigenvalue weighted by Crippen LogP contribution is -1.91. The summed E-state index contributed by atoms with van der Waals surface area (Å²) in [5, 5.41) is 0.962. The maximum Gasteiger partial charge on any atom is 0.205 e. The molecule has 0 aliphatic rings. The first-order valence-electron chi connectivity index (χ1n) is 5.54. The SMILES string of the molecule is Clc1cccc(Cl)c1Oc1cc(Br)c2ccccn12. The Bertz CT molecular complexity index is 734. The fourth-order valence-electron chi connectivity index (χ4n) is 1.85. The fourth-order valence-corrected chi connectivity index (χ4v) is 2.84. The molecule has 0 atom stereocenters. The molecule has 0 amide bonds. The Kier molecular flexibility index (Phi) is 3.44. The van der Waals surface area contributed by atoms with Crippen molar-refractivity contribution < 1.29 is 4.74 Å². The number of benzene rings is 1. The van der Waals surface area contributed by atoms with Gasteiger partial charge in [-0.05, 0) is 40.2 Å². The number of hydrogen-bond acceptors (Lipinski definition) is 1. The van der Waals surface area contributed by atoms with Gasteiger partial charge in [-0.25, -0.2) is 0 Å². The molecular formula is C14H8BrCl2NO. The van der Waals surface area contributed by atoms with Gasteiger partial charge in [0.25, 0.3) is 0 Å². The number of hydrogen-bond donors (Lipinski definition) is 0. The maximum absolute atomic E-state index is 6.11. The van der Waals surface area contributed by atoms with Crippen molar-refractivity contribution in [3.8, 4) is 11.6 Å². The summed E-state index contributed by atoms with van der Waals surface area (Å²) in [5.74, 6) is 1.11. The van der Waals surface area contributed by atoms with Crippen LogP contribution in [0.15, 0.2) is 53.1 Å². The van der Waals surface area contributed by atoms with Gasteiger partial charge in [-0.1, -0.05) is 35.3 Å². The van der Waals surface area contributed by atoms with E-state index >= 15 is 0 Å². The molecule has 0 bridgehead atoms. The lowest BCUT2D eigenvalue weighted by atomic mass is 10.3. The number of fused-ring (bicyclic) bond motifs is 1. The molecule has 0 radical (unpaired) electrons. The smallest absolute Gasteiger partial charge is 0.205 e. The number of nitrogens with zero attached hydrogens (tertiary/aromatic N) is 1. The van der Waals surface area contributed by atoms with Gasteiger partial charge in [-0.15, -0.1) is 0 Å². The van der Waals surface area contributed by atoms with E-state index in [1.165, 1.54) is 0 Å². The first kappa shape index (κ1) is 12.9. The van der Waals surface area contributed by atoms with Crippen molar-refractivity contribution in [2.24, 2.45) is 0 Å². The van der Waals surface area contributed by atoms with E-state index in [-0.39, 0.29) is 0 Å². The number of ether oxygens (including phenoxy) is 1. The zero-order valence-electron chi connectivity index (χ0n) is 9.61. The molecule has 0 N–H and O–H groups in total. The highest BCUT2D eigenvalue weighted by atomic mass is 79.9. The van der Waals surface area contributed by atoms with E-state index in [0.717, 1.165) is 9.99 Å².